The van der Waals surface area contributed by atoms with E-state index in [0.29, 0.717) is 16.9 Å². The van der Waals surface area contributed by atoms with Crippen molar-refractivity contribution in [1.82, 2.24) is 10.6 Å². The molecule has 214 valence electrons. The van der Waals surface area contributed by atoms with E-state index >= 15 is 0 Å². The normalized spacial score (nSPS) is 15.5. The Balaban J connectivity index is 1.80. The van der Waals surface area contributed by atoms with E-state index in [1.807, 2.05) is 0 Å². The monoisotopic (exact) mass is 566 g/mol. The van der Waals surface area contributed by atoms with Gasteiger partial charge in [-0.25, -0.2) is 14.5 Å². The number of anilines is 2. The Kier molecular flexibility index (Phi) is 9.81. The molecular weight excluding hydrogens is 536 g/mol. The van der Waals surface area contributed by atoms with Crippen LogP contribution in [0.5, 0.6) is 0 Å². The standard InChI is InChI=1S/C32H30N4O6/c1-6-35(25-16-12-23(13-17-25)22(4)37)29(38)27(20(2)33-5)10-8-7-9-11-28-21(3)34-32(42)36(30(28)39)26-18-14-24(15-19-26)31(40)41/h6-19,28,33,37H,1-4H2,5H3,(H,34,42)(H,40,41)/b8-7+,11-9+,27-10+. The number of nitrogens with zero attached hydrogens (tertiary/aromatic N) is 2. The average Bonchev–Trinajstić information content (AvgIpc) is 2.96. The molecule has 1 unspecified atom stereocenters. The topological polar surface area (TPSA) is 139 Å². The van der Waals surface area contributed by atoms with Crippen LogP contribution in [0, 0.1) is 5.92 Å². The van der Waals surface area contributed by atoms with Crippen LogP contribution in [0.2, 0.25) is 0 Å². The number of hydrogen-bond donors (Lipinski definition) is 4. The number of benzene rings is 2. The number of carbonyl (C=O) groups excluding carboxylic acids is 3. The number of rotatable bonds is 11. The molecule has 1 aliphatic heterocycles. The molecule has 1 saturated heterocycles. The first kappa shape index (κ1) is 30.6. The van der Waals surface area contributed by atoms with Gasteiger partial charge in [0, 0.05) is 35.9 Å². The van der Waals surface area contributed by atoms with Gasteiger partial charge in [0.2, 0.25) is 5.91 Å². The molecule has 10 heteroatoms. The third kappa shape index (κ3) is 6.80. The Morgan fingerprint density at radius 1 is 0.976 bits per heavy atom. The zero-order valence-electron chi connectivity index (χ0n) is 22.9. The highest BCUT2D eigenvalue weighted by Gasteiger charge is 2.36. The molecule has 3 rings (SSSR count). The number of carboxylic acids is 1. The molecule has 0 saturated carbocycles. The highest BCUT2D eigenvalue weighted by Crippen LogP contribution is 2.26. The summed E-state index contributed by atoms with van der Waals surface area (Å²) in [5.41, 5.74) is 2.02. The Morgan fingerprint density at radius 2 is 1.60 bits per heavy atom. The number of likely N-dealkylation sites (N-methyl/N-ethyl adjacent to an activating group) is 1. The van der Waals surface area contributed by atoms with E-state index in [9.17, 15) is 24.3 Å². The Bertz CT molecular complexity index is 1550. The van der Waals surface area contributed by atoms with Crippen LogP contribution >= 0.6 is 0 Å². The number of aromatic carboxylic acids is 1. The van der Waals surface area contributed by atoms with Crippen molar-refractivity contribution in [3.05, 3.63) is 140 Å². The van der Waals surface area contributed by atoms with Gasteiger partial charge in [0.05, 0.1) is 22.7 Å². The molecule has 1 atom stereocenters. The number of nitrogens with one attached hydrogen (secondary N) is 2. The molecule has 4 amide bonds. The SMILES string of the molecule is C=CN(C(=O)/C(=C/C=C/C=C/C1C(=C)NC(=O)N(c2ccc(C(=O)O)cc2)C1=O)C(=C)NC)c1ccc(C(=C)O)cc1. The molecule has 2 aromatic rings. The first-order valence-electron chi connectivity index (χ1n) is 12.5. The number of allylic oxidation sites excluding steroid dienone is 4. The van der Waals surface area contributed by atoms with Gasteiger partial charge >= 0.3 is 12.0 Å². The zero-order chi connectivity index (χ0) is 31.0. The molecule has 2 aromatic carbocycles. The Morgan fingerprint density at radius 3 is 2.14 bits per heavy atom. The third-order valence-corrected chi connectivity index (χ3v) is 6.23. The van der Waals surface area contributed by atoms with Gasteiger partial charge in [0.15, 0.2) is 0 Å². The molecule has 1 heterocycles. The lowest BCUT2D eigenvalue weighted by Crippen LogP contribution is -2.53. The van der Waals surface area contributed by atoms with Crippen molar-refractivity contribution in [3.8, 4) is 0 Å². The van der Waals surface area contributed by atoms with Gasteiger partial charge in [-0.05, 0) is 54.6 Å². The lowest BCUT2D eigenvalue weighted by Gasteiger charge is -2.31. The minimum atomic E-state index is -1.13. The molecule has 0 radical (unpaired) electrons. The molecule has 42 heavy (non-hydrogen) atoms. The fraction of sp³-hybridized carbons (Fsp3) is 0.0625. The molecule has 0 aromatic heterocycles. The molecule has 4 N–H and O–H groups in total. The first-order chi connectivity index (χ1) is 20.0. The van der Waals surface area contributed by atoms with Crippen LogP contribution < -0.4 is 20.4 Å². The second-order valence-corrected chi connectivity index (χ2v) is 8.89. The summed E-state index contributed by atoms with van der Waals surface area (Å²) >= 11 is 0. The van der Waals surface area contributed by atoms with Gasteiger partial charge < -0.3 is 20.8 Å². The molecule has 10 nitrogen and oxygen atoms in total. The van der Waals surface area contributed by atoms with Crippen molar-refractivity contribution >= 4 is 40.9 Å². The van der Waals surface area contributed by atoms with Crippen molar-refractivity contribution in [3.63, 3.8) is 0 Å². The van der Waals surface area contributed by atoms with E-state index in [2.05, 4.69) is 36.9 Å². The van der Waals surface area contributed by atoms with E-state index in [1.165, 1.54) is 41.4 Å². The fourth-order valence-corrected chi connectivity index (χ4v) is 3.93. The van der Waals surface area contributed by atoms with E-state index in [-0.39, 0.29) is 28.3 Å². The van der Waals surface area contributed by atoms with Gasteiger partial charge in [-0.3, -0.25) is 14.5 Å². The number of aliphatic hydroxyl groups excluding tert-OH is 1. The predicted molar refractivity (Wildman–Crippen MR) is 162 cm³/mol. The van der Waals surface area contributed by atoms with Crippen LogP contribution in [0.15, 0.2) is 128 Å². The predicted octanol–water partition coefficient (Wildman–Crippen LogP) is 5.05. The van der Waals surface area contributed by atoms with E-state index < -0.39 is 29.7 Å². The summed E-state index contributed by atoms with van der Waals surface area (Å²) in [6.07, 6.45) is 9.20. The van der Waals surface area contributed by atoms with Crippen LogP contribution in [0.25, 0.3) is 5.76 Å². The summed E-state index contributed by atoms with van der Waals surface area (Å²) in [4.78, 5) is 52.4. The van der Waals surface area contributed by atoms with Gasteiger partial charge in [-0.1, -0.05) is 50.6 Å². The highest BCUT2D eigenvalue weighted by molar-refractivity contribution is 6.19. The van der Waals surface area contributed by atoms with Gasteiger partial charge in [0.1, 0.15) is 5.76 Å². The third-order valence-electron chi connectivity index (χ3n) is 6.23. The quantitative estimate of drug-likeness (QED) is 0.170. The largest absolute Gasteiger partial charge is 0.508 e. The van der Waals surface area contributed by atoms with Gasteiger partial charge in [-0.15, -0.1) is 0 Å². The maximum absolute atomic E-state index is 13.4. The second kappa shape index (κ2) is 13.4. The molecule has 1 aliphatic rings. The number of amides is 4. The number of urea groups is 1. The first-order valence-corrected chi connectivity index (χ1v) is 12.5. The average molecular weight is 567 g/mol. The summed E-state index contributed by atoms with van der Waals surface area (Å²) in [7, 11) is 1.63. The van der Waals surface area contributed by atoms with Crippen LogP contribution in [-0.4, -0.2) is 41.1 Å². The fourth-order valence-electron chi connectivity index (χ4n) is 3.93. The lowest BCUT2D eigenvalue weighted by molar-refractivity contribution is -0.120. The Labute approximate surface area is 243 Å². The van der Waals surface area contributed by atoms with E-state index in [0.717, 1.165) is 4.90 Å². The van der Waals surface area contributed by atoms with E-state index in [1.54, 1.807) is 55.6 Å². The van der Waals surface area contributed by atoms with Crippen molar-refractivity contribution in [2.24, 2.45) is 5.92 Å². The minimum Gasteiger partial charge on any atom is -0.508 e. The van der Waals surface area contributed by atoms with Crippen molar-refractivity contribution in [2.75, 3.05) is 16.8 Å². The van der Waals surface area contributed by atoms with Crippen LogP contribution in [0.4, 0.5) is 16.2 Å². The molecule has 0 aliphatic carbocycles. The van der Waals surface area contributed by atoms with Gasteiger partial charge in [-0.2, -0.15) is 0 Å². The van der Waals surface area contributed by atoms with Crippen molar-refractivity contribution in [1.29, 1.82) is 0 Å². The summed E-state index contributed by atoms with van der Waals surface area (Å²) in [6.45, 7) is 14.9. The van der Waals surface area contributed by atoms with E-state index in [4.69, 9.17) is 5.11 Å². The number of carboxylic acid groups (broad SMARTS) is 1. The molecule has 0 bridgehead atoms. The van der Waals surface area contributed by atoms with Crippen LogP contribution in [-0.2, 0) is 9.59 Å². The van der Waals surface area contributed by atoms with Gasteiger partial charge in [0.25, 0.3) is 5.91 Å². The number of hydrogen-bond acceptors (Lipinski definition) is 6. The highest BCUT2D eigenvalue weighted by atomic mass is 16.4. The Hall–Kier alpha value is -5.90. The van der Waals surface area contributed by atoms with Crippen LogP contribution in [0.3, 0.4) is 0 Å². The summed E-state index contributed by atoms with van der Waals surface area (Å²) < 4.78 is 0. The second-order valence-electron chi connectivity index (χ2n) is 8.89. The molecular formula is C32H30N4O6. The number of imide groups is 1. The smallest absolute Gasteiger partial charge is 0.335 e. The molecule has 0 spiro atoms. The van der Waals surface area contributed by atoms with Crippen molar-refractivity contribution < 1.29 is 29.4 Å². The summed E-state index contributed by atoms with van der Waals surface area (Å²) in [6, 6.07) is 11.2. The minimum absolute atomic E-state index is 0.0172. The maximum Gasteiger partial charge on any atom is 0.335 e. The maximum atomic E-state index is 13.4. The van der Waals surface area contributed by atoms with Crippen LogP contribution in [0.1, 0.15) is 15.9 Å². The number of aliphatic hydroxyl groups is 1. The zero-order valence-corrected chi connectivity index (χ0v) is 22.9. The summed E-state index contributed by atoms with van der Waals surface area (Å²) in [5.74, 6) is -3.10. The number of carbonyl (C=O) groups is 4. The lowest BCUT2D eigenvalue weighted by atomic mass is 10.0. The van der Waals surface area contributed by atoms with Crippen molar-refractivity contribution in [2.45, 2.75) is 0 Å². The summed E-state index contributed by atoms with van der Waals surface area (Å²) in [5, 5.41) is 24.1. The molecule has 1 fully saturated rings.